The van der Waals surface area contributed by atoms with Crippen LogP contribution in [0.1, 0.15) is 53.5 Å². The molecule has 0 aromatic heterocycles. The lowest BCUT2D eigenvalue weighted by Crippen LogP contribution is -2.52. The minimum absolute atomic E-state index is 0.0776. The van der Waals surface area contributed by atoms with E-state index in [0.29, 0.717) is 36.4 Å². The van der Waals surface area contributed by atoms with Crippen molar-refractivity contribution in [3.63, 3.8) is 0 Å². The van der Waals surface area contributed by atoms with Gasteiger partial charge in [-0.3, -0.25) is 4.90 Å². The second-order valence-electron chi connectivity index (χ2n) is 9.42. The number of hydrogen-bond acceptors (Lipinski definition) is 4. The van der Waals surface area contributed by atoms with Crippen LogP contribution in [-0.2, 0) is 20.5 Å². The first kappa shape index (κ1) is 22.3. The van der Waals surface area contributed by atoms with Crippen LogP contribution in [0, 0.1) is 0 Å². The summed E-state index contributed by atoms with van der Waals surface area (Å²) in [4.78, 5) is 14.6. The third kappa shape index (κ3) is 4.86. The highest BCUT2D eigenvalue weighted by atomic mass is 28.4. The average Bonchev–Trinajstić information content (AvgIpc) is 3.45. The van der Waals surface area contributed by atoms with Crippen molar-refractivity contribution in [3.8, 4) is 0 Å². The van der Waals surface area contributed by atoms with Crippen molar-refractivity contribution in [2.24, 2.45) is 0 Å². The molecule has 5 nitrogen and oxygen atoms in total. The molecular formula is C23H37NO4Si. The van der Waals surface area contributed by atoms with Crippen LogP contribution in [0.25, 0.3) is 0 Å². The van der Waals surface area contributed by atoms with Crippen molar-refractivity contribution < 1.29 is 18.7 Å². The van der Waals surface area contributed by atoms with Crippen LogP contribution in [-0.4, -0.2) is 50.7 Å². The highest BCUT2D eigenvalue weighted by Crippen LogP contribution is 2.43. The molecule has 1 aromatic carbocycles. The van der Waals surface area contributed by atoms with Crippen molar-refractivity contribution in [3.05, 3.63) is 35.9 Å². The van der Waals surface area contributed by atoms with Gasteiger partial charge in [-0.1, -0.05) is 71.9 Å². The fourth-order valence-electron chi connectivity index (χ4n) is 5.12. The molecule has 29 heavy (non-hydrogen) atoms. The Bertz CT molecular complexity index is 657. The molecule has 0 radical (unpaired) electrons. The van der Waals surface area contributed by atoms with Gasteiger partial charge in [0.05, 0.1) is 31.4 Å². The Hall–Kier alpha value is -1.37. The summed E-state index contributed by atoms with van der Waals surface area (Å²) in [5, 5.41) is 0. The lowest BCUT2D eigenvalue weighted by atomic mass is 10.2. The van der Waals surface area contributed by atoms with E-state index in [-0.39, 0.29) is 24.3 Å². The zero-order chi connectivity index (χ0) is 21.2. The van der Waals surface area contributed by atoms with Gasteiger partial charge in [0.1, 0.15) is 6.61 Å². The topological polar surface area (TPSA) is 48.0 Å². The van der Waals surface area contributed by atoms with Gasteiger partial charge >= 0.3 is 6.09 Å². The number of nitrogens with zero attached hydrogens (tertiary/aromatic N) is 1. The molecule has 162 valence electrons. The van der Waals surface area contributed by atoms with Crippen LogP contribution in [0.4, 0.5) is 4.79 Å². The van der Waals surface area contributed by atoms with Gasteiger partial charge in [-0.2, -0.15) is 0 Å². The van der Waals surface area contributed by atoms with Gasteiger partial charge in [0.2, 0.25) is 0 Å². The highest BCUT2D eigenvalue weighted by Gasteiger charge is 2.52. The van der Waals surface area contributed by atoms with E-state index in [2.05, 4.69) is 41.5 Å². The van der Waals surface area contributed by atoms with Crippen LogP contribution in [0.5, 0.6) is 0 Å². The number of carbonyl (C=O) groups is 1. The zero-order valence-electron chi connectivity index (χ0n) is 18.8. The Labute approximate surface area is 176 Å². The Morgan fingerprint density at radius 2 is 1.72 bits per heavy atom. The van der Waals surface area contributed by atoms with E-state index in [1.165, 1.54) is 0 Å². The molecule has 1 heterocycles. The largest absolute Gasteiger partial charge is 0.445 e. The quantitative estimate of drug-likeness (QED) is 0.532. The first-order valence-corrected chi connectivity index (χ1v) is 13.2. The minimum atomic E-state index is -1.94. The molecule has 3 unspecified atom stereocenters. The molecule has 6 heteroatoms. The second kappa shape index (κ2) is 9.19. The van der Waals surface area contributed by atoms with Gasteiger partial charge in [0, 0.05) is 0 Å². The van der Waals surface area contributed by atoms with Gasteiger partial charge in [-0.05, 0) is 28.6 Å². The van der Waals surface area contributed by atoms with E-state index in [1.54, 1.807) is 0 Å². The van der Waals surface area contributed by atoms with Crippen LogP contribution in [0.2, 0.25) is 16.6 Å². The monoisotopic (exact) mass is 419 g/mol. The van der Waals surface area contributed by atoms with Gasteiger partial charge in [0.25, 0.3) is 0 Å². The minimum Gasteiger partial charge on any atom is -0.445 e. The smallest absolute Gasteiger partial charge is 0.410 e. The van der Waals surface area contributed by atoms with E-state index in [9.17, 15) is 4.79 Å². The first-order chi connectivity index (χ1) is 13.8. The third-order valence-electron chi connectivity index (χ3n) is 6.53. The molecule has 1 aromatic rings. The van der Waals surface area contributed by atoms with Gasteiger partial charge in [0.15, 0.2) is 8.32 Å². The summed E-state index contributed by atoms with van der Waals surface area (Å²) in [7, 11) is -1.94. The molecule has 2 fully saturated rings. The first-order valence-electron chi connectivity index (χ1n) is 11.0. The standard InChI is InChI=1S/C23H37NO4Si/c1-16(2)29(17(3)4,18(5)6)27-15-20-13-24(21-12-22(21)28-20)23(25)26-14-19-10-8-7-9-11-19/h7-11,16-18,20-22H,12-15H2,1-6H3. The number of ether oxygens (including phenoxy) is 2. The maximum Gasteiger partial charge on any atom is 0.410 e. The molecule has 1 aliphatic heterocycles. The second-order valence-corrected chi connectivity index (χ2v) is 14.9. The fraction of sp³-hybridized carbons (Fsp3) is 0.696. The van der Waals surface area contributed by atoms with Crippen LogP contribution >= 0.6 is 0 Å². The lowest BCUT2D eigenvalue weighted by molar-refractivity contribution is -0.0542. The van der Waals surface area contributed by atoms with Crippen molar-refractivity contribution in [1.82, 2.24) is 4.90 Å². The molecule has 0 bridgehead atoms. The highest BCUT2D eigenvalue weighted by molar-refractivity contribution is 6.77. The summed E-state index contributed by atoms with van der Waals surface area (Å²) in [6.45, 7) is 15.2. The summed E-state index contributed by atoms with van der Waals surface area (Å²) in [6.07, 6.45) is 0.716. The van der Waals surface area contributed by atoms with Gasteiger partial charge in [-0.25, -0.2) is 4.79 Å². The van der Waals surface area contributed by atoms with E-state index in [1.807, 2.05) is 35.2 Å². The molecule has 1 amide bonds. The number of benzene rings is 1. The summed E-state index contributed by atoms with van der Waals surface area (Å²) < 4.78 is 18.5. The van der Waals surface area contributed by atoms with Crippen molar-refractivity contribution >= 4 is 14.4 Å². The molecule has 2 aliphatic rings. The SMILES string of the molecule is CC(C)[Si](OCC1CN(C(=O)OCc2ccccc2)C2CC2O1)(C(C)C)C(C)C. The summed E-state index contributed by atoms with van der Waals surface area (Å²) in [5.74, 6) is 0. The molecule has 0 N–H and O–H groups in total. The maximum absolute atomic E-state index is 12.7. The number of morpholine rings is 1. The fourth-order valence-corrected chi connectivity index (χ4v) is 10.6. The van der Waals surface area contributed by atoms with Crippen molar-refractivity contribution in [2.45, 2.75) is 89.4 Å². The Morgan fingerprint density at radius 1 is 1.10 bits per heavy atom. The average molecular weight is 420 g/mol. The molecule has 0 spiro atoms. The number of hydrogen-bond donors (Lipinski definition) is 0. The van der Waals surface area contributed by atoms with Crippen LogP contribution in [0.15, 0.2) is 30.3 Å². The third-order valence-corrected chi connectivity index (χ3v) is 12.6. The summed E-state index contributed by atoms with van der Waals surface area (Å²) >= 11 is 0. The number of amides is 1. The summed E-state index contributed by atoms with van der Waals surface area (Å²) in [5.41, 5.74) is 2.60. The number of rotatable bonds is 8. The summed E-state index contributed by atoms with van der Waals surface area (Å²) in [6, 6.07) is 9.97. The normalized spacial score (nSPS) is 24.2. The lowest BCUT2D eigenvalue weighted by Gasteiger charge is -2.43. The van der Waals surface area contributed by atoms with Gasteiger partial charge in [-0.15, -0.1) is 0 Å². The molecule has 1 saturated heterocycles. The Morgan fingerprint density at radius 3 is 2.31 bits per heavy atom. The van der Waals surface area contributed by atoms with E-state index in [0.717, 1.165) is 12.0 Å². The van der Waals surface area contributed by atoms with Crippen molar-refractivity contribution in [2.75, 3.05) is 13.2 Å². The van der Waals surface area contributed by atoms with Gasteiger partial charge < -0.3 is 13.9 Å². The molecule has 3 rings (SSSR count). The van der Waals surface area contributed by atoms with E-state index >= 15 is 0 Å². The number of carbonyl (C=O) groups excluding carboxylic acids is 1. The van der Waals surface area contributed by atoms with Crippen LogP contribution < -0.4 is 0 Å². The molecular weight excluding hydrogens is 382 g/mol. The van der Waals surface area contributed by atoms with Crippen LogP contribution in [0.3, 0.4) is 0 Å². The van der Waals surface area contributed by atoms with E-state index < -0.39 is 8.32 Å². The maximum atomic E-state index is 12.7. The molecule has 3 atom stereocenters. The predicted molar refractivity (Wildman–Crippen MR) is 117 cm³/mol. The van der Waals surface area contributed by atoms with E-state index in [4.69, 9.17) is 13.9 Å². The Kier molecular flexibility index (Phi) is 7.07. The Balaban J connectivity index is 1.58. The zero-order valence-corrected chi connectivity index (χ0v) is 19.8. The number of fused-ring (bicyclic) bond motifs is 1. The van der Waals surface area contributed by atoms with Crippen molar-refractivity contribution in [1.29, 1.82) is 0 Å². The predicted octanol–water partition coefficient (Wildman–Crippen LogP) is 5.36. The molecule has 1 aliphatic carbocycles. The molecule has 1 saturated carbocycles.